The van der Waals surface area contributed by atoms with E-state index in [-0.39, 0.29) is 0 Å². The first-order chi connectivity index (χ1) is 10.3. The molecule has 0 heterocycles. The lowest BCUT2D eigenvalue weighted by atomic mass is 10.0. The van der Waals surface area contributed by atoms with E-state index in [1.165, 1.54) is 14.2 Å². The number of amides is 1. The molecular formula is C16H22N2O4. The minimum Gasteiger partial charge on any atom is -0.493 e. The fourth-order valence-corrected chi connectivity index (χ4v) is 1.91. The Morgan fingerprint density at radius 2 is 1.95 bits per heavy atom. The summed E-state index contributed by atoms with van der Waals surface area (Å²) < 4.78 is 15.6. The van der Waals surface area contributed by atoms with E-state index < -0.39 is 11.7 Å². The Morgan fingerprint density at radius 3 is 2.45 bits per heavy atom. The predicted molar refractivity (Wildman–Crippen MR) is 82.2 cm³/mol. The highest BCUT2D eigenvalue weighted by Crippen LogP contribution is 2.32. The number of nitriles is 1. The van der Waals surface area contributed by atoms with Crippen molar-refractivity contribution >= 4 is 6.09 Å². The van der Waals surface area contributed by atoms with Gasteiger partial charge in [-0.1, -0.05) is 6.07 Å². The highest BCUT2D eigenvalue weighted by molar-refractivity contribution is 5.67. The second-order valence-electron chi connectivity index (χ2n) is 5.63. The number of ether oxygens (including phenoxy) is 3. The smallest absolute Gasteiger partial charge is 0.407 e. The average molecular weight is 306 g/mol. The fourth-order valence-electron chi connectivity index (χ4n) is 1.91. The van der Waals surface area contributed by atoms with E-state index in [2.05, 4.69) is 11.4 Å². The highest BCUT2D eigenvalue weighted by Gasteiger charge is 2.17. The summed E-state index contributed by atoms with van der Waals surface area (Å²) in [6.45, 7) is 5.76. The highest BCUT2D eigenvalue weighted by atomic mass is 16.6. The number of alkyl carbamates (subject to hydrolysis) is 1. The minimum atomic E-state index is -0.536. The van der Waals surface area contributed by atoms with Gasteiger partial charge in [-0.25, -0.2) is 4.79 Å². The molecule has 0 aliphatic heterocycles. The molecule has 0 saturated heterocycles. The largest absolute Gasteiger partial charge is 0.493 e. The van der Waals surface area contributed by atoms with Crippen molar-refractivity contribution in [3.05, 3.63) is 23.3 Å². The van der Waals surface area contributed by atoms with Gasteiger partial charge in [-0.15, -0.1) is 0 Å². The summed E-state index contributed by atoms with van der Waals surface area (Å²) in [4.78, 5) is 11.6. The number of hydrogen-bond donors (Lipinski definition) is 1. The van der Waals surface area contributed by atoms with E-state index in [4.69, 9.17) is 14.2 Å². The zero-order chi connectivity index (χ0) is 16.8. The molecule has 1 aromatic rings. The lowest BCUT2D eigenvalue weighted by Crippen LogP contribution is -2.33. The third-order valence-corrected chi connectivity index (χ3v) is 2.81. The maximum Gasteiger partial charge on any atom is 0.407 e. The van der Waals surface area contributed by atoms with Crippen molar-refractivity contribution < 1.29 is 19.0 Å². The van der Waals surface area contributed by atoms with Crippen LogP contribution in [0, 0.1) is 11.3 Å². The van der Waals surface area contributed by atoms with E-state index in [0.717, 1.165) is 5.56 Å². The summed E-state index contributed by atoms with van der Waals surface area (Å²) in [5.41, 5.74) is 0.648. The average Bonchev–Trinajstić information content (AvgIpc) is 2.44. The van der Waals surface area contributed by atoms with Gasteiger partial charge in [0.05, 0.1) is 14.2 Å². The van der Waals surface area contributed by atoms with Gasteiger partial charge in [-0.3, -0.25) is 0 Å². The Labute approximate surface area is 131 Å². The molecule has 0 spiro atoms. The number of carbonyl (C=O) groups is 1. The lowest BCUT2D eigenvalue weighted by molar-refractivity contribution is 0.0528. The van der Waals surface area contributed by atoms with Crippen LogP contribution < -0.4 is 14.8 Å². The molecule has 0 radical (unpaired) electrons. The standard InChI is InChI=1S/C16H22N2O4/c1-16(2,3)22-15(19)18-9-8-11-6-7-13(20-4)14(21-5)12(11)10-17/h6-7H,8-9H2,1-5H3,(H,18,19). The molecule has 0 fully saturated rings. The van der Waals surface area contributed by atoms with Crippen LogP contribution in [0.5, 0.6) is 11.5 Å². The number of nitrogens with zero attached hydrogens (tertiary/aromatic N) is 1. The van der Waals surface area contributed by atoms with Crippen LogP contribution in [-0.2, 0) is 11.2 Å². The topological polar surface area (TPSA) is 80.6 Å². The molecule has 1 N–H and O–H groups in total. The van der Waals surface area contributed by atoms with Crippen molar-refractivity contribution in [3.63, 3.8) is 0 Å². The van der Waals surface area contributed by atoms with Crippen molar-refractivity contribution in [2.24, 2.45) is 0 Å². The normalized spacial score (nSPS) is 10.5. The molecule has 6 heteroatoms. The van der Waals surface area contributed by atoms with Crippen molar-refractivity contribution in [3.8, 4) is 17.6 Å². The zero-order valence-corrected chi connectivity index (χ0v) is 13.6. The van der Waals surface area contributed by atoms with E-state index in [9.17, 15) is 10.1 Å². The number of methoxy groups -OCH3 is 2. The Hall–Kier alpha value is -2.42. The predicted octanol–water partition coefficient (Wildman–Crippen LogP) is 2.64. The van der Waals surface area contributed by atoms with Gasteiger partial charge in [-0.2, -0.15) is 5.26 Å². The van der Waals surface area contributed by atoms with Gasteiger partial charge in [-0.05, 0) is 38.8 Å². The summed E-state index contributed by atoms with van der Waals surface area (Å²) >= 11 is 0. The van der Waals surface area contributed by atoms with Crippen molar-refractivity contribution in [1.82, 2.24) is 5.32 Å². The molecule has 0 unspecified atom stereocenters. The molecule has 1 amide bonds. The quantitative estimate of drug-likeness (QED) is 0.904. The third kappa shape index (κ3) is 4.85. The van der Waals surface area contributed by atoms with Crippen LogP contribution in [0.3, 0.4) is 0 Å². The van der Waals surface area contributed by atoms with E-state index in [1.54, 1.807) is 32.9 Å². The second-order valence-corrected chi connectivity index (χ2v) is 5.63. The van der Waals surface area contributed by atoms with Crippen LogP contribution in [0.1, 0.15) is 31.9 Å². The zero-order valence-electron chi connectivity index (χ0n) is 13.6. The Kier molecular flexibility index (Phi) is 6.05. The first-order valence-electron chi connectivity index (χ1n) is 6.93. The van der Waals surface area contributed by atoms with Crippen LogP contribution in [0.4, 0.5) is 4.79 Å². The minimum absolute atomic E-state index is 0.360. The van der Waals surface area contributed by atoms with Crippen LogP contribution in [0.2, 0.25) is 0 Å². The van der Waals surface area contributed by atoms with Crippen LogP contribution in [0.25, 0.3) is 0 Å². The van der Waals surface area contributed by atoms with E-state index in [0.29, 0.717) is 30.0 Å². The van der Waals surface area contributed by atoms with E-state index >= 15 is 0 Å². The molecule has 0 bridgehead atoms. The first kappa shape index (κ1) is 17.6. The molecule has 1 rings (SSSR count). The van der Waals surface area contributed by atoms with Gasteiger partial charge in [0, 0.05) is 6.54 Å². The molecule has 0 aliphatic rings. The van der Waals surface area contributed by atoms with Crippen molar-refractivity contribution in [1.29, 1.82) is 5.26 Å². The molecule has 120 valence electrons. The lowest BCUT2D eigenvalue weighted by Gasteiger charge is -2.19. The molecular weight excluding hydrogens is 284 g/mol. The Morgan fingerprint density at radius 1 is 1.27 bits per heavy atom. The van der Waals surface area contributed by atoms with Crippen LogP contribution >= 0.6 is 0 Å². The first-order valence-corrected chi connectivity index (χ1v) is 6.93. The molecule has 1 aromatic carbocycles. The molecule has 0 aromatic heterocycles. The van der Waals surface area contributed by atoms with Gasteiger partial charge in [0.1, 0.15) is 17.2 Å². The maximum absolute atomic E-state index is 11.6. The number of hydrogen-bond acceptors (Lipinski definition) is 5. The van der Waals surface area contributed by atoms with Crippen molar-refractivity contribution in [2.75, 3.05) is 20.8 Å². The van der Waals surface area contributed by atoms with Gasteiger partial charge < -0.3 is 19.5 Å². The van der Waals surface area contributed by atoms with Crippen LogP contribution in [-0.4, -0.2) is 32.5 Å². The van der Waals surface area contributed by atoms with Gasteiger partial charge in [0.2, 0.25) is 0 Å². The molecule has 6 nitrogen and oxygen atoms in total. The number of nitrogens with one attached hydrogen (secondary N) is 1. The maximum atomic E-state index is 11.6. The summed E-state index contributed by atoms with van der Waals surface area (Å²) in [5.74, 6) is 0.905. The third-order valence-electron chi connectivity index (χ3n) is 2.81. The SMILES string of the molecule is COc1ccc(CCNC(=O)OC(C)(C)C)c(C#N)c1OC. The molecule has 0 atom stereocenters. The number of benzene rings is 1. The van der Waals surface area contributed by atoms with Crippen molar-refractivity contribution in [2.45, 2.75) is 32.8 Å². The Balaban J connectivity index is 2.75. The summed E-state index contributed by atoms with van der Waals surface area (Å²) in [6, 6.07) is 5.64. The van der Waals surface area contributed by atoms with Gasteiger partial charge >= 0.3 is 6.09 Å². The monoisotopic (exact) mass is 306 g/mol. The van der Waals surface area contributed by atoms with Gasteiger partial charge in [0.15, 0.2) is 11.5 Å². The molecule has 0 saturated carbocycles. The summed E-state index contributed by atoms with van der Waals surface area (Å²) in [5, 5.41) is 12.0. The van der Waals surface area contributed by atoms with Gasteiger partial charge in [0.25, 0.3) is 0 Å². The second kappa shape index (κ2) is 7.55. The molecule has 0 aliphatic carbocycles. The Bertz CT molecular complexity index is 571. The summed E-state index contributed by atoms with van der Waals surface area (Å²) in [7, 11) is 3.00. The number of carbonyl (C=O) groups excluding carboxylic acids is 1. The number of rotatable bonds is 5. The fraction of sp³-hybridized carbons (Fsp3) is 0.500. The van der Waals surface area contributed by atoms with Crippen LogP contribution in [0.15, 0.2) is 12.1 Å². The summed E-state index contributed by atoms with van der Waals surface area (Å²) in [6.07, 6.45) is 0.00847. The van der Waals surface area contributed by atoms with E-state index in [1.807, 2.05) is 0 Å². The molecule has 22 heavy (non-hydrogen) atoms.